The Morgan fingerprint density at radius 2 is 1.88 bits per heavy atom. The average molecular weight is 464 g/mol. The maximum absolute atomic E-state index is 13.4. The molecule has 3 saturated heterocycles. The molecule has 0 spiro atoms. The first-order chi connectivity index (χ1) is 15.2. The van der Waals surface area contributed by atoms with Crippen molar-refractivity contribution in [1.29, 1.82) is 5.26 Å². The summed E-state index contributed by atoms with van der Waals surface area (Å²) in [6, 6.07) is 3.09. The number of carbonyl (C=O) groups is 3. The number of nitrogens with one attached hydrogen (secondary N) is 2. The van der Waals surface area contributed by atoms with E-state index in [0.717, 1.165) is 17.0 Å². The Morgan fingerprint density at radius 3 is 2.45 bits per heavy atom. The zero-order valence-electron chi connectivity index (χ0n) is 18.4. The minimum atomic E-state index is -4.83. The van der Waals surface area contributed by atoms with E-state index in [9.17, 15) is 27.6 Å². The van der Waals surface area contributed by atoms with E-state index in [1.165, 1.54) is 6.07 Å². The lowest BCUT2D eigenvalue weighted by Crippen LogP contribution is -2.58. The second kappa shape index (κ2) is 7.18. The number of hydrogen-bond donors (Lipinski definition) is 2. The van der Waals surface area contributed by atoms with E-state index in [0.29, 0.717) is 6.07 Å². The van der Waals surface area contributed by atoms with Gasteiger partial charge >= 0.3 is 12.2 Å². The summed E-state index contributed by atoms with van der Waals surface area (Å²) in [5.41, 5.74) is -4.36. The van der Waals surface area contributed by atoms with E-state index in [1.807, 2.05) is 0 Å². The molecule has 0 aromatic heterocycles. The van der Waals surface area contributed by atoms with E-state index < -0.39 is 64.2 Å². The number of benzene rings is 1. The number of nitrogens with zero attached hydrogens (tertiary/aromatic N) is 2. The number of imide groups is 1. The molecule has 3 heterocycles. The summed E-state index contributed by atoms with van der Waals surface area (Å²) in [6.07, 6.45) is -4.56. The number of rotatable bonds is 3. The van der Waals surface area contributed by atoms with Gasteiger partial charge in [0, 0.05) is 12.5 Å². The Hall–Kier alpha value is -3.13. The number of ether oxygens (including phenoxy) is 1. The second-order valence-electron chi connectivity index (χ2n) is 9.43. The Labute approximate surface area is 188 Å². The number of nitriles is 1. The van der Waals surface area contributed by atoms with Gasteiger partial charge in [-0.15, -0.1) is 0 Å². The van der Waals surface area contributed by atoms with E-state index in [1.54, 1.807) is 27.7 Å². The topological polar surface area (TPSA) is 112 Å². The van der Waals surface area contributed by atoms with Crippen molar-refractivity contribution in [2.24, 2.45) is 11.8 Å². The molecule has 11 heteroatoms. The summed E-state index contributed by atoms with van der Waals surface area (Å²) in [6.45, 7) is 6.89. The molecule has 0 radical (unpaired) electrons. The van der Waals surface area contributed by atoms with Crippen molar-refractivity contribution in [3.63, 3.8) is 0 Å². The normalized spacial score (nSPS) is 32.8. The predicted octanol–water partition coefficient (Wildman–Crippen LogP) is 2.71. The molecule has 3 fully saturated rings. The third-order valence-electron chi connectivity index (χ3n) is 6.75. The molecule has 1 aromatic rings. The van der Waals surface area contributed by atoms with Crippen LogP contribution in [0, 0.1) is 23.2 Å². The summed E-state index contributed by atoms with van der Waals surface area (Å²) in [5.74, 6) is -3.21. The fraction of sp³-hybridized carbons (Fsp3) is 0.545. The van der Waals surface area contributed by atoms with Gasteiger partial charge in [0.05, 0.1) is 52.0 Å². The molecule has 1 aromatic carbocycles. The van der Waals surface area contributed by atoms with Crippen LogP contribution < -0.4 is 15.5 Å². The van der Waals surface area contributed by atoms with Gasteiger partial charge in [-0.1, -0.05) is 0 Å². The number of hydrogen-bond acceptors (Lipinski definition) is 5. The van der Waals surface area contributed by atoms with Gasteiger partial charge < -0.3 is 15.4 Å². The fourth-order valence-corrected chi connectivity index (χ4v) is 5.47. The van der Waals surface area contributed by atoms with Gasteiger partial charge in [-0.2, -0.15) is 18.4 Å². The standard InChI is InChI=1S/C22H23F3N4O4/c1-10(2)27-19(32)28-14-8-20(3)15-16(21(14,4)33-20)18(31)29(17(15)30)12-6-5-11(9-26)13(7-12)22(23,24)25/h5-7,10,14-16H,8H2,1-4H3,(H2,27,28,32)/t14-,15-,16+,20+,21+/m1/s1. The molecule has 4 rings (SSSR count). The quantitative estimate of drug-likeness (QED) is 0.669. The Bertz CT molecular complexity index is 1100. The van der Waals surface area contributed by atoms with Crippen LogP contribution in [0.2, 0.25) is 0 Å². The molecule has 33 heavy (non-hydrogen) atoms. The van der Waals surface area contributed by atoms with Crippen LogP contribution in [0.15, 0.2) is 18.2 Å². The summed E-state index contributed by atoms with van der Waals surface area (Å²) < 4.78 is 46.5. The maximum Gasteiger partial charge on any atom is 0.417 e. The van der Waals surface area contributed by atoms with Crippen LogP contribution in [-0.4, -0.2) is 41.1 Å². The van der Waals surface area contributed by atoms with Gasteiger partial charge in [0.1, 0.15) is 0 Å². The maximum atomic E-state index is 13.4. The number of amides is 4. The molecule has 2 N–H and O–H groups in total. The van der Waals surface area contributed by atoms with E-state index in [2.05, 4.69) is 10.6 Å². The first-order valence-electron chi connectivity index (χ1n) is 10.5. The van der Waals surface area contributed by atoms with Crippen molar-refractivity contribution in [2.45, 2.75) is 63.6 Å². The molecule has 8 nitrogen and oxygen atoms in total. The number of carbonyl (C=O) groups excluding carboxylic acids is 3. The first-order valence-corrected chi connectivity index (χ1v) is 10.5. The van der Waals surface area contributed by atoms with Crippen LogP contribution in [0.4, 0.5) is 23.7 Å². The molecule has 4 amide bonds. The van der Waals surface area contributed by atoms with Crippen molar-refractivity contribution in [1.82, 2.24) is 10.6 Å². The molecule has 0 unspecified atom stereocenters. The number of urea groups is 1. The van der Waals surface area contributed by atoms with Crippen LogP contribution in [0.25, 0.3) is 0 Å². The second-order valence-corrected chi connectivity index (χ2v) is 9.43. The van der Waals surface area contributed by atoms with Crippen molar-refractivity contribution >= 4 is 23.5 Å². The molecule has 3 aliphatic rings. The van der Waals surface area contributed by atoms with Crippen LogP contribution in [0.5, 0.6) is 0 Å². The van der Waals surface area contributed by atoms with E-state index in [-0.39, 0.29) is 18.2 Å². The molecule has 0 saturated carbocycles. The lowest BCUT2D eigenvalue weighted by Gasteiger charge is -2.35. The minimum absolute atomic E-state index is 0.120. The van der Waals surface area contributed by atoms with Gasteiger partial charge in [0.25, 0.3) is 0 Å². The molecule has 176 valence electrons. The van der Waals surface area contributed by atoms with Crippen molar-refractivity contribution < 1.29 is 32.3 Å². The van der Waals surface area contributed by atoms with Crippen molar-refractivity contribution in [2.75, 3.05) is 4.90 Å². The highest BCUT2D eigenvalue weighted by atomic mass is 19.4. The highest BCUT2D eigenvalue weighted by Crippen LogP contribution is 2.61. The smallest absolute Gasteiger partial charge is 0.365 e. The molecular formula is C22H23F3N4O4. The van der Waals surface area contributed by atoms with Crippen LogP contribution >= 0.6 is 0 Å². The number of anilines is 1. The first kappa shape index (κ1) is 23.0. The fourth-order valence-electron chi connectivity index (χ4n) is 5.47. The highest BCUT2D eigenvalue weighted by Gasteiger charge is 2.76. The predicted molar refractivity (Wildman–Crippen MR) is 109 cm³/mol. The van der Waals surface area contributed by atoms with Gasteiger partial charge in [-0.3, -0.25) is 9.59 Å². The van der Waals surface area contributed by atoms with Gasteiger partial charge in [0.2, 0.25) is 11.8 Å². The molecule has 5 atom stereocenters. The van der Waals surface area contributed by atoms with Crippen molar-refractivity contribution in [3.8, 4) is 6.07 Å². The zero-order chi connectivity index (χ0) is 24.5. The van der Waals surface area contributed by atoms with Gasteiger partial charge in [0.15, 0.2) is 0 Å². The Balaban J connectivity index is 1.70. The molecule has 3 aliphatic heterocycles. The zero-order valence-corrected chi connectivity index (χ0v) is 18.4. The SMILES string of the molecule is CC(C)NC(=O)N[C@@H]1C[C@]2(C)O[C@]1(C)[C@@H]1C(=O)N(c3ccc(C#N)c(C(F)(F)F)c3)C(=O)[C@@H]12. The Morgan fingerprint density at radius 1 is 1.24 bits per heavy atom. The van der Waals surface area contributed by atoms with Crippen LogP contribution in [0.1, 0.15) is 45.2 Å². The van der Waals surface area contributed by atoms with E-state index >= 15 is 0 Å². The highest BCUT2D eigenvalue weighted by molar-refractivity contribution is 6.23. The number of halogens is 3. The summed E-state index contributed by atoms with van der Waals surface area (Å²) in [5, 5.41) is 14.5. The Kier molecular flexibility index (Phi) is 5.02. The van der Waals surface area contributed by atoms with E-state index in [4.69, 9.17) is 10.00 Å². The third kappa shape index (κ3) is 3.35. The summed E-state index contributed by atoms with van der Waals surface area (Å²) in [7, 11) is 0. The molecule has 2 bridgehead atoms. The average Bonchev–Trinajstić information content (AvgIpc) is 3.21. The van der Waals surface area contributed by atoms with Gasteiger partial charge in [-0.25, -0.2) is 9.69 Å². The molecule has 0 aliphatic carbocycles. The number of fused-ring (bicyclic) bond motifs is 5. The van der Waals surface area contributed by atoms with Gasteiger partial charge in [-0.05, 0) is 45.9 Å². The third-order valence-corrected chi connectivity index (χ3v) is 6.75. The molecular weight excluding hydrogens is 441 g/mol. The lowest BCUT2D eigenvalue weighted by atomic mass is 9.66. The number of alkyl halides is 3. The summed E-state index contributed by atoms with van der Waals surface area (Å²) >= 11 is 0. The van der Waals surface area contributed by atoms with Crippen molar-refractivity contribution in [3.05, 3.63) is 29.3 Å². The lowest BCUT2D eigenvalue weighted by molar-refractivity contribution is -0.138. The monoisotopic (exact) mass is 464 g/mol. The largest absolute Gasteiger partial charge is 0.417 e. The van der Waals surface area contributed by atoms with Crippen LogP contribution in [-0.2, 0) is 20.5 Å². The summed E-state index contributed by atoms with van der Waals surface area (Å²) in [4.78, 5) is 39.7. The minimum Gasteiger partial charge on any atom is -0.365 e. The van der Waals surface area contributed by atoms with Crippen LogP contribution in [0.3, 0.4) is 0 Å².